The monoisotopic (exact) mass is 307 g/mol. The molecule has 0 radical (unpaired) electrons. The smallest absolute Gasteiger partial charge is 0.303 e. The minimum atomic E-state index is -0.803. The van der Waals surface area contributed by atoms with Crippen LogP contribution in [-0.4, -0.2) is 20.6 Å². The molecule has 21 heavy (non-hydrogen) atoms. The van der Waals surface area contributed by atoms with Crippen LogP contribution in [0.15, 0.2) is 30.7 Å². The standard InChI is InChI=1S/C15H18ClN3O2/c1-19-9-14(18-10-19)8-17-7-12-2-4-13(16)6-11(12)3-5-15(20)21/h2,4,6,9-10,17H,3,5,7-8H2,1H3,(H,20,21). The van der Waals surface area contributed by atoms with Gasteiger partial charge in [0, 0.05) is 37.8 Å². The molecule has 5 nitrogen and oxygen atoms in total. The first-order valence-electron chi connectivity index (χ1n) is 6.71. The van der Waals surface area contributed by atoms with Crippen molar-refractivity contribution < 1.29 is 9.90 Å². The number of carbonyl (C=O) groups is 1. The molecule has 0 bridgehead atoms. The number of rotatable bonds is 7. The Morgan fingerprint density at radius 1 is 1.38 bits per heavy atom. The van der Waals surface area contributed by atoms with Gasteiger partial charge in [0.05, 0.1) is 12.0 Å². The van der Waals surface area contributed by atoms with Crippen LogP contribution in [0.2, 0.25) is 5.02 Å². The Labute approximate surface area is 128 Å². The van der Waals surface area contributed by atoms with Crippen LogP contribution in [0.3, 0.4) is 0 Å². The summed E-state index contributed by atoms with van der Waals surface area (Å²) in [5, 5.41) is 12.7. The third-order valence-electron chi connectivity index (χ3n) is 3.16. The van der Waals surface area contributed by atoms with E-state index in [2.05, 4.69) is 10.3 Å². The fraction of sp³-hybridized carbons (Fsp3) is 0.333. The lowest BCUT2D eigenvalue weighted by Gasteiger charge is -2.10. The largest absolute Gasteiger partial charge is 0.481 e. The summed E-state index contributed by atoms with van der Waals surface area (Å²) in [4.78, 5) is 15.0. The predicted molar refractivity (Wildman–Crippen MR) is 81.2 cm³/mol. The van der Waals surface area contributed by atoms with Crippen LogP contribution in [-0.2, 0) is 31.4 Å². The summed E-state index contributed by atoms with van der Waals surface area (Å²) in [7, 11) is 1.93. The van der Waals surface area contributed by atoms with Crippen molar-refractivity contribution in [2.24, 2.45) is 7.05 Å². The zero-order valence-electron chi connectivity index (χ0n) is 11.8. The molecule has 2 aromatic rings. The second kappa shape index (κ2) is 7.24. The number of benzene rings is 1. The van der Waals surface area contributed by atoms with Gasteiger partial charge >= 0.3 is 5.97 Å². The predicted octanol–water partition coefficient (Wildman–Crippen LogP) is 2.38. The normalized spacial score (nSPS) is 10.8. The SMILES string of the molecule is Cn1cnc(CNCc2ccc(Cl)cc2CCC(=O)O)c1. The highest BCUT2D eigenvalue weighted by Gasteiger charge is 2.06. The molecule has 1 aromatic heterocycles. The van der Waals surface area contributed by atoms with Crippen LogP contribution in [0.25, 0.3) is 0 Å². The number of aliphatic carboxylic acids is 1. The van der Waals surface area contributed by atoms with E-state index in [1.807, 2.05) is 36.0 Å². The molecule has 0 aliphatic carbocycles. The summed E-state index contributed by atoms with van der Waals surface area (Å²) in [6.45, 7) is 1.32. The number of hydrogen-bond donors (Lipinski definition) is 2. The van der Waals surface area contributed by atoms with Gasteiger partial charge in [-0.2, -0.15) is 0 Å². The van der Waals surface area contributed by atoms with Crippen molar-refractivity contribution in [3.05, 3.63) is 52.6 Å². The maximum absolute atomic E-state index is 10.7. The van der Waals surface area contributed by atoms with Gasteiger partial charge < -0.3 is 15.0 Å². The fourth-order valence-electron chi connectivity index (χ4n) is 2.12. The minimum Gasteiger partial charge on any atom is -0.481 e. The molecule has 0 atom stereocenters. The third kappa shape index (κ3) is 4.88. The number of imidazole rings is 1. The molecule has 1 heterocycles. The number of nitrogens with one attached hydrogen (secondary N) is 1. The molecule has 0 aliphatic heterocycles. The number of hydrogen-bond acceptors (Lipinski definition) is 3. The Hall–Kier alpha value is -1.85. The fourth-order valence-corrected chi connectivity index (χ4v) is 2.32. The highest BCUT2D eigenvalue weighted by Crippen LogP contribution is 2.18. The van der Waals surface area contributed by atoms with Gasteiger partial charge in [-0.3, -0.25) is 4.79 Å². The highest BCUT2D eigenvalue weighted by atomic mass is 35.5. The Bertz CT molecular complexity index is 625. The van der Waals surface area contributed by atoms with E-state index in [1.54, 1.807) is 6.33 Å². The molecule has 0 saturated carbocycles. The van der Waals surface area contributed by atoms with Crippen molar-refractivity contribution in [2.45, 2.75) is 25.9 Å². The van der Waals surface area contributed by atoms with Crippen LogP contribution in [0.4, 0.5) is 0 Å². The summed E-state index contributed by atoms with van der Waals surface area (Å²) in [5.74, 6) is -0.803. The van der Waals surface area contributed by atoms with Crippen molar-refractivity contribution in [3.8, 4) is 0 Å². The number of carboxylic acids is 1. The zero-order chi connectivity index (χ0) is 15.2. The van der Waals surface area contributed by atoms with Crippen LogP contribution in [0, 0.1) is 0 Å². The quantitative estimate of drug-likeness (QED) is 0.824. The summed E-state index contributed by atoms with van der Waals surface area (Å²) in [6, 6.07) is 5.59. The molecule has 6 heteroatoms. The Kier molecular flexibility index (Phi) is 5.36. The van der Waals surface area contributed by atoms with Crippen LogP contribution in [0.1, 0.15) is 23.2 Å². The van der Waals surface area contributed by atoms with Crippen molar-refractivity contribution >= 4 is 17.6 Å². The topological polar surface area (TPSA) is 67.2 Å². The van der Waals surface area contributed by atoms with E-state index in [4.69, 9.17) is 16.7 Å². The molecule has 0 fully saturated rings. The van der Waals surface area contributed by atoms with Crippen LogP contribution < -0.4 is 5.32 Å². The first-order valence-corrected chi connectivity index (χ1v) is 7.09. The first-order chi connectivity index (χ1) is 10.0. The number of halogens is 1. The number of aryl methyl sites for hydroxylation is 2. The number of nitrogens with zero attached hydrogens (tertiary/aromatic N) is 2. The average Bonchev–Trinajstić information content (AvgIpc) is 2.84. The zero-order valence-corrected chi connectivity index (χ0v) is 12.6. The van der Waals surface area contributed by atoms with E-state index < -0.39 is 5.97 Å². The lowest BCUT2D eigenvalue weighted by molar-refractivity contribution is -0.136. The van der Waals surface area contributed by atoms with Crippen LogP contribution in [0.5, 0.6) is 0 Å². The molecule has 0 saturated heterocycles. The van der Waals surface area contributed by atoms with E-state index in [0.717, 1.165) is 16.8 Å². The molecular weight excluding hydrogens is 290 g/mol. The summed E-state index contributed by atoms with van der Waals surface area (Å²) in [5.41, 5.74) is 3.01. The Morgan fingerprint density at radius 2 is 2.19 bits per heavy atom. The Balaban J connectivity index is 1.96. The maximum Gasteiger partial charge on any atom is 0.303 e. The van der Waals surface area contributed by atoms with Gasteiger partial charge in [0.1, 0.15) is 0 Å². The van der Waals surface area contributed by atoms with E-state index >= 15 is 0 Å². The van der Waals surface area contributed by atoms with E-state index in [9.17, 15) is 4.79 Å². The first kappa shape index (κ1) is 15.5. The summed E-state index contributed by atoms with van der Waals surface area (Å²) in [6.07, 6.45) is 4.31. The average molecular weight is 308 g/mol. The molecule has 0 aliphatic rings. The number of aromatic nitrogens is 2. The second-order valence-corrected chi connectivity index (χ2v) is 5.38. The van der Waals surface area contributed by atoms with E-state index in [0.29, 0.717) is 24.5 Å². The van der Waals surface area contributed by atoms with Crippen LogP contribution >= 0.6 is 11.6 Å². The van der Waals surface area contributed by atoms with Gasteiger partial charge in [0.15, 0.2) is 0 Å². The van der Waals surface area contributed by atoms with Crippen molar-refractivity contribution in [2.75, 3.05) is 0 Å². The third-order valence-corrected chi connectivity index (χ3v) is 3.39. The van der Waals surface area contributed by atoms with Gasteiger partial charge in [-0.1, -0.05) is 17.7 Å². The molecule has 112 valence electrons. The second-order valence-electron chi connectivity index (χ2n) is 4.94. The number of carboxylic acid groups (broad SMARTS) is 1. The van der Waals surface area contributed by atoms with Gasteiger partial charge in [0.25, 0.3) is 0 Å². The van der Waals surface area contributed by atoms with Crippen molar-refractivity contribution in [1.29, 1.82) is 0 Å². The highest BCUT2D eigenvalue weighted by molar-refractivity contribution is 6.30. The molecule has 2 rings (SSSR count). The van der Waals surface area contributed by atoms with Gasteiger partial charge in [-0.05, 0) is 29.7 Å². The minimum absolute atomic E-state index is 0.105. The molecule has 0 unspecified atom stereocenters. The summed E-state index contributed by atoms with van der Waals surface area (Å²) >= 11 is 5.98. The molecule has 0 amide bonds. The van der Waals surface area contributed by atoms with Crippen molar-refractivity contribution in [3.63, 3.8) is 0 Å². The van der Waals surface area contributed by atoms with Gasteiger partial charge in [-0.25, -0.2) is 4.98 Å². The Morgan fingerprint density at radius 3 is 2.86 bits per heavy atom. The lowest BCUT2D eigenvalue weighted by Crippen LogP contribution is -2.14. The summed E-state index contributed by atoms with van der Waals surface area (Å²) < 4.78 is 1.90. The molecule has 2 N–H and O–H groups in total. The molecular formula is C15H18ClN3O2. The van der Waals surface area contributed by atoms with Gasteiger partial charge in [-0.15, -0.1) is 0 Å². The van der Waals surface area contributed by atoms with E-state index in [1.165, 1.54) is 0 Å². The maximum atomic E-state index is 10.7. The van der Waals surface area contributed by atoms with E-state index in [-0.39, 0.29) is 6.42 Å². The lowest BCUT2D eigenvalue weighted by atomic mass is 10.0. The molecule has 1 aromatic carbocycles. The molecule has 0 spiro atoms. The van der Waals surface area contributed by atoms with Crippen molar-refractivity contribution in [1.82, 2.24) is 14.9 Å². The van der Waals surface area contributed by atoms with Gasteiger partial charge in [0.2, 0.25) is 0 Å².